The largest absolute Gasteiger partial charge is 0.295 e. The summed E-state index contributed by atoms with van der Waals surface area (Å²) in [5, 5.41) is 6.25. The molecule has 2 N–H and O–H groups in total. The van der Waals surface area contributed by atoms with Gasteiger partial charge in [0.25, 0.3) is 11.1 Å². The van der Waals surface area contributed by atoms with Gasteiger partial charge in [-0.15, -0.1) is 0 Å². The molecule has 0 spiro atoms. The van der Waals surface area contributed by atoms with Crippen LogP contribution in [0, 0.1) is 41.5 Å². The zero-order valence-electron chi connectivity index (χ0n) is 23.4. The Balaban J connectivity index is 1.39. The highest BCUT2D eigenvalue weighted by atomic mass is 16.1. The highest BCUT2D eigenvalue weighted by Crippen LogP contribution is 2.17. The third-order valence-corrected chi connectivity index (χ3v) is 7.10. The third-order valence-electron chi connectivity index (χ3n) is 7.10. The average molecular weight is 534 g/mol. The van der Waals surface area contributed by atoms with E-state index in [9.17, 15) is 9.59 Å². The fourth-order valence-electron chi connectivity index (χ4n) is 4.33. The lowest BCUT2D eigenvalue weighted by Gasteiger charge is -2.05. The number of H-pyrrole nitrogens is 2. The van der Waals surface area contributed by atoms with Crippen molar-refractivity contribution < 1.29 is 0 Å². The molecule has 0 radical (unpaired) electrons. The average Bonchev–Trinajstić information content (AvgIpc) is 3.38. The number of aliphatic imine (C=N–C) groups is 2. The van der Waals surface area contributed by atoms with E-state index in [1.165, 1.54) is 21.8 Å². The summed E-state index contributed by atoms with van der Waals surface area (Å²) in [6, 6.07) is 17.0. The first-order valence-corrected chi connectivity index (χ1v) is 13.0. The Labute approximate surface area is 231 Å². The van der Waals surface area contributed by atoms with Gasteiger partial charge in [0, 0.05) is 23.8 Å². The minimum atomic E-state index is -0.193. The van der Waals surface area contributed by atoms with E-state index in [-0.39, 0.29) is 11.1 Å². The maximum absolute atomic E-state index is 13.1. The number of hydrogen-bond donors (Lipinski definition) is 2. The number of benzene rings is 2. The predicted octanol–water partition coefficient (Wildman–Crippen LogP) is 5.39. The fourth-order valence-corrected chi connectivity index (χ4v) is 4.33. The quantitative estimate of drug-likeness (QED) is 0.285. The van der Waals surface area contributed by atoms with Crippen LogP contribution in [0.3, 0.4) is 0 Å². The van der Waals surface area contributed by atoms with E-state index in [2.05, 4.69) is 25.2 Å². The van der Waals surface area contributed by atoms with E-state index in [0.717, 1.165) is 33.6 Å². The van der Waals surface area contributed by atoms with Crippen LogP contribution in [0.1, 0.15) is 44.8 Å². The minimum absolute atomic E-state index is 0.193. The monoisotopic (exact) mass is 533 g/mol. The molecule has 0 atom stereocenters. The van der Waals surface area contributed by atoms with Crippen LogP contribution in [-0.2, 0) is 0 Å². The summed E-state index contributed by atoms with van der Waals surface area (Å²) in [6.45, 7) is 11.8. The molecular formula is C31H31N7O2. The lowest BCUT2D eigenvalue weighted by molar-refractivity contribution is 0.833. The zero-order chi connectivity index (χ0) is 28.6. The predicted molar refractivity (Wildman–Crippen MR) is 160 cm³/mol. The van der Waals surface area contributed by atoms with Gasteiger partial charge in [-0.1, -0.05) is 18.2 Å². The number of rotatable bonds is 6. The molecule has 40 heavy (non-hydrogen) atoms. The van der Waals surface area contributed by atoms with E-state index >= 15 is 0 Å². The van der Waals surface area contributed by atoms with Gasteiger partial charge in [0.15, 0.2) is 11.6 Å². The molecule has 5 rings (SSSR count). The van der Waals surface area contributed by atoms with Gasteiger partial charge >= 0.3 is 0 Å². The summed E-state index contributed by atoms with van der Waals surface area (Å²) in [4.78, 5) is 39.5. The van der Waals surface area contributed by atoms with Gasteiger partial charge < -0.3 is 0 Å². The molecule has 0 bridgehead atoms. The Kier molecular flexibility index (Phi) is 7.04. The van der Waals surface area contributed by atoms with E-state index in [0.29, 0.717) is 34.2 Å². The first kappa shape index (κ1) is 26.6. The third kappa shape index (κ3) is 5.13. The van der Waals surface area contributed by atoms with Crippen molar-refractivity contribution in [1.29, 1.82) is 0 Å². The standard InChI is InChI=1S/C31H31N7O2/c1-18-10-12-24(14-20(18)3)37-30(39)26(22(5)35-37)16-32-28-8-7-9-29(34-28)33-17-27-23(6)36-38(31(27)40)25-13-11-19(2)21(4)15-25/h7-17,35-36H,1-6H3/b32-16+,33-17?. The first-order valence-electron chi connectivity index (χ1n) is 13.0. The summed E-state index contributed by atoms with van der Waals surface area (Å²) >= 11 is 0. The van der Waals surface area contributed by atoms with Crippen molar-refractivity contribution in [2.45, 2.75) is 41.5 Å². The lowest BCUT2D eigenvalue weighted by Crippen LogP contribution is -2.17. The van der Waals surface area contributed by atoms with Gasteiger partial charge in [0.05, 0.1) is 22.5 Å². The van der Waals surface area contributed by atoms with Crippen LogP contribution in [0.2, 0.25) is 0 Å². The summed E-state index contributed by atoms with van der Waals surface area (Å²) in [6.07, 6.45) is 3.03. The van der Waals surface area contributed by atoms with Crippen molar-refractivity contribution in [2.75, 3.05) is 0 Å². The molecule has 0 aliphatic carbocycles. The molecule has 0 aliphatic heterocycles. The molecular weight excluding hydrogens is 502 g/mol. The Hall–Kier alpha value is -5.05. The molecule has 0 unspecified atom stereocenters. The summed E-state index contributed by atoms with van der Waals surface area (Å²) in [5.41, 5.74) is 7.97. The fraction of sp³-hybridized carbons (Fsp3) is 0.194. The maximum atomic E-state index is 13.1. The Morgan fingerprint density at radius 3 is 1.45 bits per heavy atom. The zero-order valence-corrected chi connectivity index (χ0v) is 23.4. The summed E-state index contributed by atoms with van der Waals surface area (Å²) in [7, 11) is 0. The van der Waals surface area contributed by atoms with Crippen molar-refractivity contribution in [3.63, 3.8) is 0 Å². The van der Waals surface area contributed by atoms with Gasteiger partial charge in [-0.3, -0.25) is 19.8 Å². The summed E-state index contributed by atoms with van der Waals surface area (Å²) in [5.74, 6) is 0.788. The Morgan fingerprint density at radius 2 is 1.05 bits per heavy atom. The Morgan fingerprint density at radius 1 is 0.625 bits per heavy atom. The highest BCUT2D eigenvalue weighted by molar-refractivity contribution is 5.84. The van der Waals surface area contributed by atoms with Crippen molar-refractivity contribution >= 4 is 24.1 Å². The molecule has 3 heterocycles. The number of nitrogens with zero attached hydrogens (tertiary/aromatic N) is 5. The number of hydrogen-bond acceptors (Lipinski definition) is 5. The van der Waals surface area contributed by atoms with Crippen LogP contribution in [-0.4, -0.2) is 37.0 Å². The number of aromatic nitrogens is 5. The minimum Gasteiger partial charge on any atom is -0.295 e. The molecule has 202 valence electrons. The smallest absolute Gasteiger partial charge is 0.280 e. The normalized spacial score (nSPS) is 11.8. The van der Waals surface area contributed by atoms with Crippen LogP contribution in [0.5, 0.6) is 0 Å². The molecule has 0 amide bonds. The molecule has 0 saturated heterocycles. The molecule has 5 aromatic rings. The van der Waals surface area contributed by atoms with Crippen LogP contribution in [0.4, 0.5) is 11.6 Å². The van der Waals surface area contributed by atoms with Crippen LogP contribution < -0.4 is 11.1 Å². The second-order valence-electron chi connectivity index (χ2n) is 9.99. The molecule has 0 aliphatic rings. The second kappa shape index (κ2) is 10.6. The number of aromatic amines is 2. The van der Waals surface area contributed by atoms with E-state index in [1.54, 1.807) is 18.2 Å². The topological polar surface area (TPSA) is 113 Å². The van der Waals surface area contributed by atoms with E-state index < -0.39 is 0 Å². The van der Waals surface area contributed by atoms with Gasteiger partial charge in [-0.25, -0.2) is 24.3 Å². The maximum Gasteiger partial charge on any atom is 0.280 e. The molecule has 0 saturated carbocycles. The van der Waals surface area contributed by atoms with Crippen LogP contribution >= 0.6 is 0 Å². The second-order valence-corrected chi connectivity index (χ2v) is 9.99. The molecule has 9 nitrogen and oxygen atoms in total. The number of nitrogens with one attached hydrogen (secondary N) is 2. The lowest BCUT2D eigenvalue weighted by atomic mass is 10.1. The van der Waals surface area contributed by atoms with E-state index in [1.807, 2.05) is 77.9 Å². The van der Waals surface area contributed by atoms with Crippen molar-refractivity contribution in [3.8, 4) is 11.4 Å². The number of aryl methyl sites for hydroxylation is 6. The molecule has 3 aromatic heterocycles. The van der Waals surface area contributed by atoms with Crippen LogP contribution in [0.25, 0.3) is 11.4 Å². The van der Waals surface area contributed by atoms with E-state index in [4.69, 9.17) is 0 Å². The van der Waals surface area contributed by atoms with Crippen molar-refractivity contribution in [3.05, 3.63) is 120 Å². The van der Waals surface area contributed by atoms with Gasteiger partial charge in [-0.05, 0) is 100 Å². The SMILES string of the molecule is Cc1ccc(-n2[nH]c(C)c(C=Nc3cccc(/N=C/c4c(C)[nH]n(-c5ccc(C)c(C)c5)c4=O)n3)c2=O)cc1C. The van der Waals surface area contributed by atoms with Crippen molar-refractivity contribution in [2.24, 2.45) is 9.98 Å². The van der Waals surface area contributed by atoms with Gasteiger partial charge in [0.1, 0.15) is 0 Å². The molecule has 9 heteroatoms. The Bertz CT molecular complexity index is 1780. The van der Waals surface area contributed by atoms with Crippen molar-refractivity contribution in [1.82, 2.24) is 24.5 Å². The molecule has 0 fully saturated rings. The first-order chi connectivity index (χ1) is 19.1. The van der Waals surface area contributed by atoms with Crippen LogP contribution in [0.15, 0.2) is 74.2 Å². The summed E-state index contributed by atoms with van der Waals surface area (Å²) < 4.78 is 3.03. The number of pyridine rings is 1. The highest BCUT2D eigenvalue weighted by Gasteiger charge is 2.13. The molecule has 2 aromatic carbocycles. The van der Waals surface area contributed by atoms with Gasteiger partial charge in [0.2, 0.25) is 0 Å². The van der Waals surface area contributed by atoms with Gasteiger partial charge in [-0.2, -0.15) is 0 Å².